The summed E-state index contributed by atoms with van der Waals surface area (Å²) in [5.74, 6) is 1.25. The van der Waals surface area contributed by atoms with Crippen LogP contribution >= 0.6 is 11.8 Å². The number of hydrogen-bond donors (Lipinski definition) is 1. The van der Waals surface area contributed by atoms with Crippen molar-refractivity contribution in [2.75, 3.05) is 7.11 Å². The fourth-order valence-corrected chi connectivity index (χ4v) is 2.72. The quantitative estimate of drug-likeness (QED) is 0.945. The minimum absolute atomic E-state index is 0.142. The van der Waals surface area contributed by atoms with Gasteiger partial charge in [0.1, 0.15) is 11.6 Å². The summed E-state index contributed by atoms with van der Waals surface area (Å²) in [6.45, 7) is 0. The van der Waals surface area contributed by atoms with Crippen LogP contribution in [0.2, 0.25) is 0 Å². The highest BCUT2D eigenvalue weighted by Gasteiger charge is 2.23. The van der Waals surface area contributed by atoms with Crippen molar-refractivity contribution < 1.29 is 9.53 Å². The van der Waals surface area contributed by atoms with Gasteiger partial charge < -0.3 is 10.1 Å². The summed E-state index contributed by atoms with van der Waals surface area (Å²) in [6, 6.07) is 7.36. The Hall–Kier alpha value is -2.54. The number of thioether (sulfide) groups is 1. The molecule has 2 heterocycles. The number of nitrogens with zero attached hydrogens (tertiary/aromatic N) is 3. The second kappa shape index (κ2) is 6.07. The average molecular weight is 314 g/mol. The molecule has 1 N–H and O–H groups in total. The molecule has 7 heteroatoms. The summed E-state index contributed by atoms with van der Waals surface area (Å²) in [5, 5.41) is 6.72. The van der Waals surface area contributed by atoms with E-state index in [-0.39, 0.29) is 5.24 Å². The maximum absolute atomic E-state index is 11.7. The molecule has 1 aliphatic heterocycles. The van der Waals surface area contributed by atoms with Crippen molar-refractivity contribution in [3.8, 4) is 5.75 Å². The molecular weight excluding hydrogens is 300 g/mol. The van der Waals surface area contributed by atoms with Crippen LogP contribution in [0.25, 0.3) is 6.08 Å². The van der Waals surface area contributed by atoms with Crippen LogP contribution in [-0.4, -0.2) is 28.0 Å². The van der Waals surface area contributed by atoms with Gasteiger partial charge in [0.25, 0.3) is 5.24 Å². The molecule has 0 radical (unpaired) electrons. The van der Waals surface area contributed by atoms with E-state index in [9.17, 15) is 4.79 Å². The summed E-state index contributed by atoms with van der Waals surface area (Å²) in [5.41, 5.74) is 1.63. The van der Waals surface area contributed by atoms with Crippen LogP contribution in [0.5, 0.6) is 5.75 Å². The number of carbonyl (C=O) groups is 1. The van der Waals surface area contributed by atoms with Crippen molar-refractivity contribution in [1.82, 2.24) is 15.1 Å². The smallest absolute Gasteiger partial charge is 0.289 e. The lowest BCUT2D eigenvalue weighted by Gasteiger charge is -2.02. The van der Waals surface area contributed by atoms with Gasteiger partial charge in [-0.25, -0.2) is 4.99 Å². The van der Waals surface area contributed by atoms with Gasteiger partial charge in [-0.1, -0.05) is 6.07 Å². The van der Waals surface area contributed by atoms with E-state index < -0.39 is 0 Å². The number of nitrogens with one attached hydrogen (secondary N) is 1. The lowest BCUT2D eigenvalue weighted by molar-refractivity contribution is 0.265. The first-order valence-corrected chi connectivity index (χ1v) is 7.38. The zero-order valence-corrected chi connectivity index (χ0v) is 12.9. The van der Waals surface area contributed by atoms with E-state index in [0.29, 0.717) is 11.5 Å². The van der Waals surface area contributed by atoms with Crippen molar-refractivity contribution in [1.29, 1.82) is 0 Å². The molecule has 2 aromatic rings. The Kier molecular flexibility index (Phi) is 3.97. The number of aromatic nitrogens is 2. The highest BCUT2D eigenvalue weighted by atomic mass is 32.2. The molecule has 0 saturated carbocycles. The molecule has 0 unspecified atom stereocenters. The second-order valence-corrected chi connectivity index (χ2v) is 5.65. The molecular formula is C15H14N4O2S. The molecule has 6 nitrogen and oxygen atoms in total. The van der Waals surface area contributed by atoms with E-state index in [4.69, 9.17) is 4.74 Å². The number of rotatable bonds is 3. The average Bonchev–Trinajstić information content (AvgIpc) is 3.05. The number of carbonyl (C=O) groups excluding carboxylic acids is 1. The zero-order valence-electron chi connectivity index (χ0n) is 12.1. The Morgan fingerprint density at radius 2 is 2.32 bits per heavy atom. The molecule has 1 fully saturated rings. The van der Waals surface area contributed by atoms with Crippen molar-refractivity contribution in [3.63, 3.8) is 0 Å². The number of ether oxygens (including phenoxy) is 1. The van der Waals surface area contributed by atoms with Gasteiger partial charge in [-0.3, -0.25) is 9.48 Å². The van der Waals surface area contributed by atoms with E-state index in [0.717, 1.165) is 28.0 Å². The molecule has 1 amide bonds. The Morgan fingerprint density at radius 3 is 3.05 bits per heavy atom. The van der Waals surface area contributed by atoms with Gasteiger partial charge in [-0.2, -0.15) is 5.10 Å². The summed E-state index contributed by atoms with van der Waals surface area (Å²) in [4.78, 5) is 16.9. The van der Waals surface area contributed by atoms with E-state index >= 15 is 0 Å². The van der Waals surface area contributed by atoms with Gasteiger partial charge in [-0.05, 0) is 30.0 Å². The van der Waals surface area contributed by atoms with Crippen LogP contribution in [0, 0.1) is 0 Å². The number of hydrogen-bond acceptors (Lipinski definition) is 5. The van der Waals surface area contributed by atoms with E-state index in [1.54, 1.807) is 18.0 Å². The number of aryl methyl sites for hydroxylation is 1. The maximum Gasteiger partial charge on any atom is 0.289 e. The van der Waals surface area contributed by atoms with Crippen LogP contribution in [0.1, 0.15) is 5.56 Å². The van der Waals surface area contributed by atoms with E-state index in [1.165, 1.54) is 0 Å². The first kappa shape index (κ1) is 14.4. The normalized spacial score (nSPS) is 18.0. The van der Waals surface area contributed by atoms with Crippen molar-refractivity contribution in [2.24, 2.45) is 12.0 Å². The van der Waals surface area contributed by atoms with Crippen LogP contribution < -0.4 is 10.1 Å². The van der Waals surface area contributed by atoms with Gasteiger partial charge in [-0.15, -0.1) is 0 Å². The standard InChI is InChI=1S/C15H14N4O2S/c1-19-9-10(8-16-19)6-13-14(18-15(20)22-13)17-11-4-3-5-12(7-11)21-2/h3-9H,1-2H3,(H,17,18,20). The Morgan fingerprint density at radius 1 is 1.45 bits per heavy atom. The summed E-state index contributed by atoms with van der Waals surface area (Å²) >= 11 is 1.12. The van der Waals surface area contributed by atoms with Crippen molar-refractivity contribution in [2.45, 2.75) is 0 Å². The Bertz CT molecular complexity index is 779. The van der Waals surface area contributed by atoms with Crippen molar-refractivity contribution >= 4 is 34.6 Å². The zero-order chi connectivity index (χ0) is 15.5. The fourth-order valence-electron chi connectivity index (χ4n) is 1.99. The molecule has 1 aromatic carbocycles. The predicted molar refractivity (Wildman–Crippen MR) is 87.4 cm³/mol. The van der Waals surface area contributed by atoms with E-state index in [2.05, 4.69) is 15.4 Å². The minimum atomic E-state index is -0.142. The van der Waals surface area contributed by atoms with Gasteiger partial charge in [0.15, 0.2) is 0 Å². The molecule has 1 saturated heterocycles. The van der Waals surface area contributed by atoms with Crippen LogP contribution in [0.15, 0.2) is 46.6 Å². The van der Waals surface area contributed by atoms with E-state index in [1.807, 2.05) is 43.6 Å². The molecule has 0 bridgehead atoms. The molecule has 112 valence electrons. The van der Waals surface area contributed by atoms with Crippen LogP contribution in [-0.2, 0) is 7.05 Å². The Balaban J connectivity index is 1.94. The second-order valence-electron chi connectivity index (χ2n) is 4.63. The van der Waals surface area contributed by atoms with Crippen LogP contribution in [0.3, 0.4) is 0 Å². The highest BCUT2D eigenvalue weighted by molar-refractivity contribution is 8.18. The third kappa shape index (κ3) is 3.20. The number of benzene rings is 1. The Labute approximate surface area is 131 Å². The van der Waals surface area contributed by atoms with Gasteiger partial charge >= 0.3 is 0 Å². The first-order chi connectivity index (χ1) is 10.6. The largest absolute Gasteiger partial charge is 0.497 e. The molecule has 1 aliphatic rings. The predicted octanol–water partition coefficient (Wildman–Crippen LogP) is 2.96. The molecule has 3 rings (SSSR count). The maximum atomic E-state index is 11.7. The molecule has 0 spiro atoms. The molecule has 22 heavy (non-hydrogen) atoms. The number of amides is 1. The molecule has 0 aliphatic carbocycles. The highest BCUT2D eigenvalue weighted by Crippen LogP contribution is 2.29. The SMILES string of the molecule is COc1cccc(N=C2NC(=O)SC2=Cc2cnn(C)c2)c1. The molecule has 0 atom stereocenters. The lowest BCUT2D eigenvalue weighted by atomic mass is 10.3. The first-order valence-electron chi connectivity index (χ1n) is 6.56. The summed E-state index contributed by atoms with van der Waals surface area (Å²) < 4.78 is 6.89. The monoisotopic (exact) mass is 314 g/mol. The van der Waals surface area contributed by atoms with Gasteiger partial charge in [0.2, 0.25) is 0 Å². The summed E-state index contributed by atoms with van der Waals surface area (Å²) in [7, 11) is 3.45. The minimum Gasteiger partial charge on any atom is -0.497 e. The third-order valence-corrected chi connectivity index (χ3v) is 3.79. The topological polar surface area (TPSA) is 68.5 Å². The third-order valence-electron chi connectivity index (χ3n) is 2.97. The van der Waals surface area contributed by atoms with Gasteiger partial charge in [0.05, 0.1) is 23.9 Å². The lowest BCUT2D eigenvalue weighted by Crippen LogP contribution is -2.18. The van der Waals surface area contributed by atoms with Crippen molar-refractivity contribution in [3.05, 3.63) is 47.1 Å². The van der Waals surface area contributed by atoms with Gasteiger partial charge in [0, 0.05) is 24.9 Å². The summed E-state index contributed by atoms with van der Waals surface area (Å²) in [6.07, 6.45) is 5.49. The number of aliphatic imine (C=N–C) groups is 1. The fraction of sp³-hybridized carbons (Fsp3) is 0.133. The number of amidine groups is 1. The molecule has 1 aromatic heterocycles. The van der Waals surface area contributed by atoms with Crippen LogP contribution in [0.4, 0.5) is 10.5 Å². The number of methoxy groups -OCH3 is 1.